The molecule has 0 spiro atoms. The van der Waals surface area contributed by atoms with Gasteiger partial charge in [0.2, 0.25) is 5.91 Å². The molecule has 1 aromatic carbocycles. The van der Waals surface area contributed by atoms with Gasteiger partial charge in [0.05, 0.1) is 10.7 Å². The third kappa shape index (κ3) is 6.33. The zero-order valence-electron chi connectivity index (χ0n) is 17.3. The monoisotopic (exact) mass is 441 g/mol. The lowest BCUT2D eigenvalue weighted by Gasteiger charge is -2.13. The topological polar surface area (TPSA) is 119 Å². The second kappa shape index (κ2) is 10.6. The maximum absolute atomic E-state index is 12.4. The number of amides is 1. The minimum absolute atomic E-state index is 0.0261. The maximum Gasteiger partial charge on any atom is 0.269 e. The number of non-ortho nitro benzene ring substituents is 1. The van der Waals surface area contributed by atoms with Crippen LogP contribution >= 0.6 is 11.8 Å². The second-order valence-corrected chi connectivity index (χ2v) is 7.93. The number of thioether (sulfide) groups is 1. The standard InChI is InChI=1S/C20H23N7O3S/c1-25(2)12-3-13-26-19(15-8-10-21-11-9-15)23-24-20(26)31-14-18(28)22-16-4-6-17(7-5-16)27(29)30/h4-11H,3,12-14H2,1-2H3,(H,22,28). The number of carbonyl (C=O) groups excluding carboxylic acids is 1. The number of hydrogen-bond donors (Lipinski definition) is 1. The van der Waals surface area contributed by atoms with Crippen molar-refractivity contribution in [3.05, 3.63) is 58.9 Å². The Labute approximate surface area is 183 Å². The number of nitrogens with zero attached hydrogens (tertiary/aromatic N) is 6. The molecule has 11 heteroatoms. The van der Waals surface area contributed by atoms with Crippen LogP contribution < -0.4 is 5.32 Å². The minimum atomic E-state index is -0.481. The summed E-state index contributed by atoms with van der Waals surface area (Å²) in [5.74, 6) is 0.644. The largest absolute Gasteiger partial charge is 0.325 e. The Hall–Kier alpha value is -3.31. The number of nitro benzene ring substituents is 1. The summed E-state index contributed by atoms with van der Waals surface area (Å²) >= 11 is 1.30. The van der Waals surface area contributed by atoms with Crippen LogP contribution in [0.3, 0.4) is 0 Å². The van der Waals surface area contributed by atoms with Gasteiger partial charge in [-0.05, 0) is 51.3 Å². The summed E-state index contributed by atoms with van der Waals surface area (Å²) in [6.07, 6.45) is 4.32. The fraction of sp³-hybridized carbons (Fsp3) is 0.300. The first-order valence-corrected chi connectivity index (χ1v) is 10.6. The Morgan fingerprint density at radius 3 is 2.52 bits per heavy atom. The summed E-state index contributed by atoms with van der Waals surface area (Å²) in [6, 6.07) is 9.47. The van der Waals surface area contributed by atoms with Crippen molar-refractivity contribution in [2.45, 2.75) is 18.1 Å². The van der Waals surface area contributed by atoms with E-state index in [0.717, 1.165) is 30.9 Å². The van der Waals surface area contributed by atoms with Gasteiger partial charge >= 0.3 is 0 Å². The number of rotatable bonds is 10. The van der Waals surface area contributed by atoms with Gasteiger partial charge in [-0.25, -0.2) is 0 Å². The predicted molar refractivity (Wildman–Crippen MR) is 119 cm³/mol. The molecule has 0 radical (unpaired) electrons. The van der Waals surface area contributed by atoms with E-state index in [1.165, 1.54) is 36.0 Å². The number of nitro groups is 1. The second-order valence-electron chi connectivity index (χ2n) is 6.99. The minimum Gasteiger partial charge on any atom is -0.325 e. The van der Waals surface area contributed by atoms with E-state index in [0.29, 0.717) is 10.8 Å². The Morgan fingerprint density at radius 2 is 1.87 bits per heavy atom. The summed E-state index contributed by atoms with van der Waals surface area (Å²) in [7, 11) is 4.04. The highest BCUT2D eigenvalue weighted by Crippen LogP contribution is 2.24. The van der Waals surface area contributed by atoms with Gasteiger partial charge in [-0.15, -0.1) is 10.2 Å². The Balaban J connectivity index is 1.67. The zero-order chi connectivity index (χ0) is 22.2. The van der Waals surface area contributed by atoms with E-state index in [1.807, 2.05) is 30.8 Å². The van der Waals surface area contributed by atoms with Gasteiger partial charge in [-0.3, -0.25) is 19.9 Å². The molecule has 31 heavy (non-hydrogen) atoms. The molecule has 3 aromatic rings. The quantitative estimate of drug-likeness (QED) is 0.290. The SMILES string of the molecule is CN(C)CCCn1c(SCC(=O)Nc2ccc([N+](=O)[O-])cc2)nnc1-c1ccncc1. The van der Waals surface area contributed by atoms with Crippen LogP contribution in [0.5, 0.6) is 0 Å². The molecule has 0 aliphatic heterocycles. The lowest BCUT2D eigenvalue weighted by molar-refractivity contribution is -0.384. The molecule has 0 aliphatic carbocycles. The molecular weight excluding hydrogens is 418 g/mol. The first-order chi connectivity index (χ1) is 14.9. The van der Waals surface area contributed by atoms with Crippen molar-refractivity contribution >= 4 is 29.0 Å². The van der Waals surface area contributed by atoms with Crippen LogP contribution in [0.2, 0.25) is 0 Å². The fourth-order valence-corrected chi connectivity index (χ4v) is 3.61. The van der Waals surface area contributed by atoms with Crippen molar-refractivity contribution in [2.75, 3.05) is 31.7 Å². The Bertz CT molecular complexity index is 1020. The normalized spacial score (nSPS) is 10.9. The number of aromatic nitrogens is 4. The molecule has 0 atom stereocenters. The van der Waals surface area contributed by atoms with E-state index in [9.17, 15) is 14.9 Å². The van der Waals surface area contributed by atoms with Gasteiger partial charge in [0, 0.05) is 42.3 Å². The van der Waals surface area contributed by atoms with Gasteiger partial charge in [0.1, 0.15) is 0 Å². The molecule has 0 saturated carbocycles. The molecule has 162 valence electrons. The number of carbonyl (C=O) groups is 1. The van der Waals surface area contributed by atoms with Crippen molar-refractivity contribution < 1.29 is 9.72 Å². The summed E-state index contributed by atoms with van der Waals surface area (Å²) in [5, 5.41) is 22.7. The highest BCUT2D eigenvalue weighted by molar-refractivity contribution is 7.99. The molecular formula is C20H23N7O3S. The highest BCUT2D eigenvalue weighted by atomic mass is 32.2. The molecule has 0 aliphatic rings. The van der Waals surface area contributed by atoms with E-state index in [2.05, 4.69) is 25.4 Å². The van der Waals surface area contributed by atoms with Crippen LogP contribution in [0.1, 0.15) is 6.42 Å². The summed E-state index contributed by atoms with van der Waals surface area (Å²) in [4.78, 5) is 28.8. The molecule has 2 aromatic heterocycles. The van der Waals surface area contributed by atoms with Gasteiger partial charge in [-0.1, -0.05) is 11.8 Å². The summed E-state index contributed by atoms with van der Waals surface area (Å²) < 4.78 is 2.02. The van der Waals surface area contributed by atoms with E-state index in [-0.39, 0.29) is 17.3 Å². The van der Waals surface area contributed by atoms with E-state index in [1.54, 1.807) is 12.4 Å². The number of pyridine rings is 1. The van der Waals surface area contributed by atoms with Gasteiger partial charge in [0.15, 0.2) is 11.0 Å². The van der Waals surface area contributed by atoms with E-state index < -0.39 is 4.92 Å². The molecule has 10 nitrogen and oxygen atoms in total. The van der Waals surface area contributed by atoms with Gasteiger partial charge in [0.25, 0.3) is 5.69 Å². The molecule has 2 heterocycles. The van der Waals surface area contributed by atoms with Crippen LogP contribution in [0, 0.1) is 10.1 Å². The van der Waals surface area contributed by atoms with Crippen LogP contribution in [0.25, 0.3) is 11.4 Å². The smallest absolute Gasteiger partial charge is 0.269 e. The van der Waals surface area contributed by atoms with Crippen LogP contribution in [-0.2, 0) is 11.3 Å². The average molecular weight is 442 g/mol. The molecule has 1 amide bonds. The molecule has 0 unspecified atom stereocenters. The summed E-state index contributed by atoms with van der Waals surface area (Å²) in [6.45, 7) is 1.63. The van der Waals surface area contributed by atoms with Crippen molar-refractivity contribution in [3.8, 4) is 11.4 Å². The van der Waals surface area contributed by atoms with Crippen LogP contribution in [0.15, 0.2) is 53.9 Å². The molecule has 0 bridgehead atoms. The molecule has 0 fully saturated rings. The van der Waals surface area contributed by atoms with E-state index in [4.69, 9.17) is 0 Å². The maximum atomic E-state index is 12.4. The predicted octanol–water partition coefficient (Wildman–Crippen LogP) is 2.93. The van der Waals surface area contributed by atoms with Crippen LogP contribution in [-0.4, -0.2) is 61.9 Å². The zero-order valence-corrected chi connectivity index (χ0v) is 18.1. The lowest BCUT2D eigenvalue weighted by atomic mass is 10.2. The lowest BCUT2D eigenvalue weighted by Crippen LogP contribution is -2.16. The van der Waals surface area contributed by atoms with Crippen LogP contribution in [0.4, 0.5) is 11.4 Å². The van der Waals surface area contributed by atoms with Gasteiger partial charge in [-0.2, -0.15) is 0 Å². The van der Waals surface area contributed by atoms with E-state index >= 15 is 0 Å². The third-order valence-corrected chi connectivity index (χ3v) is 5.30. The average Bonchev–Trinajstić information content (AvgIpc) is 3.16. The van der Waals surface area contributed by atoms with Gasteiger partial charge < -0.3 is 14.8 Å². The number of hydrogen-bond acceptors (Lipinski definition) is 8. The van der Waals surface area contributed by atoms with Crippen molar-refractivity contribution in [1.29, 1.82) is 0 Å². The summed E-state index contributed by atoms with van der Waals surface area (Å²) in [5.41, 5.74) is 1.39. The molecule has 0 saturated heterocycles. The number of nitrogens with one attached hydrogen (secondary N) is 1. The Morgan fingerprint density at radius 1 is 1.16 bits per heavy atom. The first-order valence-electron chi connectivity index (χ1n) is 9.59. The van der Waals surface area contributed by atoms with Crippen molar-refractivity contribution in [2.24, 2.45) is 0 Å². The fourth-order valence-electron chi connectivity index (χ4n) is 2.85. The Kier molecular flexibility index (Phi) is 7.68. The highest BCUT2D eigenvalue weighted by Gasteiger charge is 2.16. The van der Waals surface area contributed by atoms with Crippen molar-refractivity contribution in [1.82, 2.24) is 24.6 Å². The number of anilines is 1. The third-order valence-electron chi connectivity index (χ3n) is 4.34. The molecule has 3 rings (SSSR count). The molecule has 1 N–H and O–H groups in total. The first kappa shape index (κ1) is 22.4. The number of benzene rings is 1. The van der Waals surface area contributed by atoms with Crippen molar-refractivity contribution in [3.63, 3.8) is 0 Å².